The predicted molar refractivity (Wildman–Crippen MR) is 110 cm³/mol. The standard InChI is InChI=1S/C19H22N4O2S2/c1-3-4-11-20-17(24)13-27-19-22-21-18(16-10-7-12-26-16)23(19)14-8-5-6-9-15(14)25-2/h5-10,12H,3-4,11,13H2,1-2H3,(H,20,24). The molecule has 3 rings (SSSR count). The van der Waals surface area contributed by atoms with Gasteiger partial charge in [-0.1, -0.05) is 43.3 Å². The molecule has 0 aliphatic carbocycles. The van der Waals surface area contributed by atoms with E-state index in [4.69, 9.17) is 4.74 Å². The zero-order valence-corrected chi connectivity index (χ0v) is 17.0. The minimum Gasteiger partial charge on any atom is -0.495 e. The van der Waals surface area contributed by atoms with E-state index in [-0.39, 0.29) is 5.91 Å². The molecule has 6 nitrogen and oxygen atoms in total. The number of benzene rings is 1. The molecule has 0 spiro atoms. The Labute approximate surface area is 167 Å². The summed E-state index contributed by atoms with van der Waals surface area (Å²) in [6.45, 7) is 2.80. The topological polar surface area (TPSA) is 69.0 Å². The number of nitrogens with zero attached hydrogens (tertiary/aromatic N) is 3. The van der Waals surface area contributed by atoms with Gasteiger partial charge in [0.15, 0.2) is 11.0 Å². The van der Waals surface area contributed by atoms with Crippen molar-refractivity contribution < 1.29 is 9.53 Å². The van der Waals surface area contributed by atoms with Crippen LogP contribution in [0.4, 0.5) is 0 Å². The van der Waals surface area contributed by atoms with E-state index in [2.05, 4.69) is 22.4 Å². The number of nitrogens with one attached hydrogen (secondary N) is 1. The zero-order valence-electron chi connectivity index (χ0n) is 15.3. The molecule has 0 unspecified atom stereocenters. The van der Waals surface area contributed by atoms with Gasteiger partial charge in [0, 0.05) is 6.54 Å². The fraction of sp³-hybridized carbons (Fsp3) is 0.316. The third kappa shape index (κ3) is 4.70. The molecule has 0 fully saturated rings. The van der Waals surface area contributed by atoms with E-state index in [1.54, 1.807) is 18.4 Å². The van der Waals surface area contributed by atoms with Crippen LogP contribution < -0.4 is 10.1 Å². The van der Waals surface area contributed by atoms with Crippen LogP contribution in [-0.2, 0) is 4.79 Å². The highest BCUT2D eigenvalue weighted by Crippen LogP contribution is 2.33. The molecular weight excluding hydrogens is 380 g/mol. The number of ether oxygens (including phenoxy) is 1. The van der Waals surface area contributed by atoms with Crippen molar-refractivity contribution in [3.63, 3.8) is 0 Å². The van der Waals surface area contributed by atoms with Crippen LogP contribution in [0.2, 0.25) is 0 Å². The number of hydrogen-bond donors (Lipinski definition) is 1. The van der Waals surface area contributed by atoms with Gasteiger partial charge in [0.05, 0.1) is 23.4 Å². The highest BCUT2D eigenvalue weighted by atomic mass is 32.2. The SMILES string of the molecule is CCCCNC(=O)CSc1nnc(-c2cccs2)n1-c1ccccc1OC. The Morgan fingerprint density at radius 1 is 1.26 bits per heavy atom. The Balaban J connectivity index is 1.89. The monoisotopic (exact) mass is 402 g/mol. The average Bonchev–Trinajstić information content (AvgIpc) is 3.36. The first-order valence-corrected chi connectivity index (χ1v) is 10.6. The maximum atomic E-state index is 12.1. The first-order chi connectivity index (χ1) is 13.2. The molecule has 1 amide bonds. The molecule has 1 N–H and O–H groups in total. The van der Waals surface area contributed by atoms with Crippen molar-refractivity contribution in [3.8, 4) is 22.1 Å². The largest absolute Gasteiger partial charge is 0.495 e. The normalized spacial score (nSPS) is 10.7. The Kier molecular flexibility index (Phi) is 6.89. The first kappa shape index (κ1) is 19.4. The van der Waals surface area contributed by atoms with Gasteiger partial charge in [-0.05, 0) is 30.0 Å². The number of methoxy groups -OCH3 is 1. The molecule has 0 radical (unpaired) electrons. The summed E-state index contributed by atoms with van der Waals surface area (Å²) in [5.41, 5.74) is 0.849. The van der Waals surface area contributed by atoms with Crippen LogP contribution in [0.5, 0.6) is 5.75 Å². The maximum absolute atomic E-state index is 12.1. The summed E-state index contributed by atoms with van der Waals surface area (Å²) in [4.78, 5) is 13.1. The second-order valence-electron chi connectivity index (χ2n) is 5.78. The van der Waals surface area contributed by atoms with Crippen LogP contribution in [0.1, 0.15) is 19.8 Å². The lowest BCUT2D eigenvalue weighted by Gasteiger charge is -2.13. The first-order valence-electron chi connectivity index (χ1n) is 8.76. The second-order valence-corrected chi connectivity index (χ2v) is 7.67. The summed E-state index contributed by atoms with van der Waals surface area (Å²) < 4.78 is 7.48. The molecule has 0 atom stereocenters. The lowest BCUT2D eigenvalue weighted by Crippen LogP contribution is -2.26. The highest BCUT2D eigenvalue weighted by Gasteiger charge is 2.20. The molecule has 8 heteroatoms. The molecule has 142 valence electrons. The van der Waals surface area contributed by atoms with Crippen molar-refractivity contribution in [2.45, 2.75) is 24.9 Å². The fourth-order valence-electron chi connectivity index (χ4n) is 2.55. The minimum atomic E-state index is 0.000648. The third-order valence-electron chi connectivity index (χ3n) is 3.89. The number of carbonyl (C=O) groups is 1. The number of thioether (sulfide) groups is 1. The molecule has 2 heterocycles. The van der Waals surface area contributed by atoms with Crippen molar-refractivity contribution in [3.05, 3.63) is 41.8 Å². The third-order valence-corrected chi connectivity index (χ3v) is 5.68. The summed E-state index contributed by atoms with van der Waals surface area (Å²) >= 11 is 2.97. The number of hydrogen-bond acceptors (Lipinski definition) is 6. The van der Waals surface area contributed by atoms with E-state index in [1.807, 2.05) is 46.3 Å². The Bertz CT molecular complexity index is 878. The van der Waals surface area contributed by atoms with E-state index in [0.29, 0.717) is 17.5 Å². The molecule has 1 aromatic carbocycles. The second kappa shape index (κ2) is 9.57. The summed E-state index contributed by atoms with van der Waals surface area (Å²) in [7, 11) is 1.64. The van der Waals surface area contributed by atoms with Crippen LogP contribution in [-0.4, -0.2) is 40.1 Å². The van der Waals surface area contributed by atoms with Crippen LogP contribution in [0.15, 0.2) is 46.9 Å². The van der Waals surface area contributed by atoms with Crippen molar-refractivity contribution in [1.82, 2.24) is 20.1 Å². The highest BCUT2D eigenvalue weighted by molar-refractivity contribution is 7.99. The van der Waals surface area contributed by atoms with Gasteiger partial charge in [-0.25, -0.2) is 0 Å². The van der Waals surface area contributed by atoms with Crippen molar-refractivity contribution in [2.24, 2.45) is 0 Å². The summed E-state index contributed by atoms with van der Waals surface area (Å²) in [5, 5.41) is 14.3. The lowest BCUT2D eigenvalue weighted by atomic mass is 10.3. The number of aromatic nitrogens is 3. The molecule has 0 bridgehead atoms. The van der Waals surface area contributed by atoms with Gasteiger partial charge in [-0.15, -0.1) is 21.5 Å². The predicted octanol–water partition coefficient (Wildman–Crippen LogP) is 4.01. The molecule has 3 aromatic rings. The Morgan fingerprint density at radius 2 is 2.11 bits per heavy atom. The smallest absolute Gasteiger partial charge is 0.230 e. The number of thiophene rings is 1. The van der Waals surface area contributed by atoms with Crippen LogP contribution in [0.3, 0.4) is 0 Å². The minimum absolute atomic E-state index is 0.000648. The fourth-order valence-corrected chi connectivity index (χ4v) is 4.02. The molecular formula is C19H22N4O2S2. The van der Waals surface area contributed by atoms with Crippen LogP contribution >= 0.6 is 23.1 Å². The van der Waals surface area contributed by atoms with E-state index in [1.165, 1.54) is 11.8 Å². The summed E-state index contributed by atoms with van der Waals surface area (Å²) in [6, 6.07) is 11.7. The Morgan fingerprint density at radius 3 is 2.85 bits per heavy atom. The number of rotatable bonds is 9. The number of unbranched alkanes of at least 4 members (excludes halogenated alkanes) is 1. The van der Waals surface area contributed by atoms with Gasteiger partial charge < -0.3 is 10.1 Å². The molecule has 0 saturated heterocycles. The summed E-state index contributed by atoms with van der Waals surface area (Å²) in [6.07, 6.45) is 2.04. The van der Waals surface area contributed by atoms with E-state index < -0.39 is 0 Å². The van der Waals surface area contributed by atoms with E-state index in [9.17, 15) is 4.79 Å². The lowest BCUT2D eigenvalue weighted by molar-refractivity contribution is -0.118. The zero-order chi connectivity index (χ0) is 19.1. The molecule has 27 heavy (non-hydrogen) atoms. The molecule has 2 aromatic heterocycles. The molecule has 0 saturated carbocycles. The average molecular weight is 403 g/mol. The van der Waals surface area contributed by atoms with Crippen molar-refractivity contribution in [1.29, 1.82) is 0 Å². The van der Waals surface area contributed by atoms with Gasteiger partial charge >= 0.3 is 0 Å². The quantitative estimate of drug-likeness (QED) is 0.433. The Hall–Kier alpha value is -2.32. The van der Waals surface area contributed by atoms with Crippen LogP contribution in [0, 0.1) is 0 Å². The summed E-state index contributed by atoms with van der Waals surface area (Å²) in [5.74, 6) is 1.76. The maximum Gasteiger partial charge on any atom is 0.230 e. The number of amides is 1. The number of carbonyl (C=O) groups excluding carboxylic acids is 1. The van der Waals surface area contributed by atoms with Crippen molar-refractivity contribution >= 4 is 29.0 Å². The van der Waals surface area contributed by atoms with Gasteiger partial charge in [-0.2, -0.15) is 0 Å². The van der Waals surface area contributed by atoms with Gasteiger partial charge in [0.2, 0.25) is 5.91 Å². The van der Waals surface area contributed by atoms with Crippen molar-refractivity contribution in [2.75, 3.05) is 19.4 Å². The molecule has 0 aliphatic heterocycles. The van der Waals surface area contributed by atoms with Gasteiger partial charge in [0.1, 0.15) is 5.75 Å². The number of para-hydroxylation sites is 2. The van der Waals surface area contributed by atoms with Gasteiger partial charge in [0.25, 0.3) is 0 Å². The van der Waals surface area contributed by atoms with E-state index >= 15 is 0 Å². The van der Waals surface area contributed by atoms with Gasteiger partial charge in [-0.3, -0.25) is 9.36 Å². The molecule has 0 aliphatic rings. The van der Waals surface area contributed by atoms with E-state index in [0.717, 1.165) is 35.0 Å². The van der Waals surface area contributed by atoms with Crippen LogP contribution in [0.25, 0.3) is 16.4 Å².